The van der Waals surface area contributed by atoms with Gasteiger partial charge in [-0.1, -0.05) is 6.92 Å². The van der Waals surface area contributed by atoms with Crippen LogP contribution in [0.15, 0.2) is 18.5 Å². The molecule has 9 heteroatoms. The number of aryl methyl sites for hydroxylation is 1. The molecule has 1 saturated carbocycles. The average Bonchev–Trinajstić information content (AvgIpc) is 2.96. The van der Waals surface area contributed by atoms with Gasteiger partial charge in [0.2, 0.25) is 0 Å². The molecule has 2 aromatic rings. The summed E-state index contributed by atoms with van der Waals surface area (Å²) in [5.74, 6) is 1.26. The van der Waals surface area contributed by atoms with E-state index in [1.807, 2.05) is 13.1 Å². The fraction of sp³-hybridized carbons (Fsp3) is 0.579. The average molecular weight is 397 g/mol. The molecule has 0 aromatic carbocycles. The van der Waals surface area contributed by atoms with Crippen LogP contribution in [0.1, 0.15) is 30.8 Å². The van der Waals surface area contributed by atoms with Crippen LogP contribution in [0.3, 0.4) is 0 Å². The zero-order valence-corrected chi connectivity index (χ0v) is 15.6. The SMILES string of the molecule is CCCc1nc(-c2cnc(N)c(C(F)(F)F)c2)cn1[C@H]1[C@@H]2CN(CCF)C[C@@H]21. The molecule has 3 heterocycles. The molecule has 2 N–H and O–H groups in total. The lowest BCUT2D eigenvalue weighted by molar-refractivity contribution is -0.137. The number of aromatic nitrogens is 3. The van der Waals surface area contributed by atoms with Gasteiger partial charge >= 0.3 is 6.18 Å². The summed E-state index contributed by atoms with van der Waals surface area (Å²) in [6.07, 6.45) is 0.249. The molecule has 0 unspecified atom stereocenters. The van der Waals surface area contributed by atoms with Crippen molar-refractivity contribution in [2.75, 3.05) is 32.0 Å². The van der Waals surface area contributed by atoms with Gasteiger partial charge in [-0.15, -0.1) is 0 Å². The summed E-state index contributed by atoms with van der Waals surface area (Å²) in [7, 11) is 0. The molecule has 2 aliphatic rings. The van der Waals surface area contributed by atoms with E-state index < -0.39 is 17.6 Å². The van der Waals surface area contributed by atoms with E-state index in [-0.39, 0.29) is 6.67 Å². The van der Waals surface area contributed by atoms with Crippen LogP contribution in [0.25, 0.3) is 11.3 Å². The topological polar surface area (TPSA) is 60.0 Å². The lowest BCUT2D eigenvalue weighted by Crippen LogP contribution is -2.27. The Hall–Kier alpha value is -2.16. The van der Waals surface area contributed by atoms with Crippen LogP contribution in [0.2, 0.25) is 0 Å². The third-order valence-electron chi connectivity index (χ3n) is 5.75. The molecule has 4 rings (SSSR count). The van der Waals surface area contributed by atoms with Crippen molar-refractivity contribution in [2.24, 2.45) is 11.8 Å². The van der Waals surface area contributed by atoms with Gasteiger partial charge in [0.15, 0.2) is 0 Å². The van der Waals surface area contributed by atoms with Gasteiger partial charge in [-0.25, -0.2) is 14.4 Å². The highest BCUT2D eigenvalue weighted by molar-refractivity contribution is 5.62. The molecule has 0 radical (unpaired) electrons. The van der Waals surface area contributed by atoms with E-state index in [1.54, 1.807) is 0 Å². The van der Waals surface area contributed by atoms with Gasteiger partial charge in [-0.05, 0) is 24.3 Å². The Kier molecular flexibility index (Phi) is 4.81. The first kappa shape index (κ1) is 19.2. The zero-order valence-electron chi connectivity index (χ0n) is 15.6. The summed E-state index contributed by atoms with van der Waals surface area (Å²) < 4.78 is 54.2. The Morgan fingerprint density at radius 3 is 2.57 bits per heavy atom. The van der Waals surface area contributed by atoms with Crippen LogP contribution in [-0.4, -0.2) is 45.7 Å². The molecule has 1 aliphatic carbocycles. The molecule has 3 atom stereocenters. The maximum absolute atomic E-state index is 13.2. The minimum atomic E-state index is -4.56. The van der Waals surface area contributed by atoms with Gasteiger partial charge in [-0.3, -0.25) is 0 Å². The number of piperidine rings is 1. The summed E-state index contributed by atoms with van der Waals surface area (Å²) in [4.78, 5) is 10.5. The quantitative estimate of drug-likeness (QED) is 0.757. The van der Waals surface area contributed by atoms with Crippen LogP contribution >= 0.6 is 0 Å². The van der Waals surface area contributed by atoms with E-state index in [1.165, 1.54) is 6.20 Å². The van der Waals surface area contributed by atoms with E-state index in [0.29, 0.717) is 35.7 Å². The number of nitrogens with zero attached hydrogens (tertiary/aromatic N) is 4. The molecular weight excluding hydrogens is 374 g/mol. The van der Waals surface area contributed by atoms with Crippen molar-refractivity contribution in [1.82, 2.24) is 19.4 Å². The maximum Gasteiger partial charge on any atom is 0.419 e. The highest BCUT2D eigenvalue weighted by atomic mass is 19.4. The fourth-order valence-corrected chi connectivity index (χ4v) is 4.38. The van der Waals surface area contributed by atoms with E-state index >= 15 is 0 Å². The number of halogens is 4. The number of rotatable bonds is 6. The molecule has 152 valence electrons. The number of nitrogen functional groups attached to an aromatic ring is 1. The number of nitrogens with two attached hydrogens (primary N) is 1. The van der Waals surface area contributed by atoms with Crippen LogP contribution in [0.5, 0.6) is 0 Å². The third kappa shape index (κ3) is 3.36. The third-order valence-corrected chi connectivity index (χ3v) is 5.75. The molecule has 0 bridgehead atoms. The summed E-state index contributed by atoms with van der Waals surface area (Å²) in [5, 5.41) is 0. The van der Waals surface area contributed by atoms with Crippen molar-refractivity contribution in [3.05, 3.63) is 29.8 Å². The van der Waals surface area contributed by atoms with Gasteiger partial charge in [-0.2, -0.15) is 13.2 Å². The molecule has 1 saturated heterocycles. The highest BCUT2D eigenvalue weighted by Crippen LogP contribution is 2.55. The lowest BCUT2D eigenvalue weighted by Gasteiger charge is -2.18. The molecule has 1 aliphatic heterocycles. The fourth-order valence-electron chi connectivity index (χ4n) is 4.38. The Bertz CT molecular complexity index is 850. The van der Waals surface area contributed by atoms with Crippen LogP contribution < -0.4 is 5.73 Å². The second kappa shape index (κ2) is 7.02. The highest BCUT2D eigenvalue weighted by Gasteiger charge is 2.57. The predicted molar refractivity (Wildman–Crippen MR) is 97.3 cm³/mol. The van der Waals surface area contributed by atoms with Crippen molar-refractivity contribution in [2.45, 2.75) is 32.0 Å². The molecule has 5 nitrogen and oxygen atoms in total. The second-order valence-corrected chi connectivity index (χ2v) is 7.62. The molecule has 2 fully saturated rings. The Morgan fingerprint density at radius 2 is 1.96 bits per heavy atom. The summed E-state index contributed by atoms with van der Waals surface area (Å²) in [6, 6.07) is 1.31. The Morgan fingerprint density at radius 1 is 1.25 bits per heavy atom. The smallest absolute Gasteiger partial charge is 0.383 e. The van der Waals surface area contributed by atoms with Gasteiger partial charge in [0.25, 0.3) is 0 Å². The van der Waals surface area contributed by atoms with Crippen molar-refractivity contribution >= 4 is 5.82 Å². The van der Waals surface area contributed by atoms with Gasteiger partial charge in [0, 0.05) is 50.1 Å². The number of fused-ring (bicyclic) bond motifs is 1. The Balaban J connectivity index is 1.62. The summed E-state index contributed by atoms with van der Waals surface area (Å²) in [5.41, 5.74) is 5.25. The van der Waals surface area contributed by atoms with Crippen molar-refractivity contribution in [1.29, 1.82) is 0 Å². The number of alkyl halides is 4. The standard InChI is InChI=1S/C19H23F4N5/c1-2-3-16-26-15(11-6-14(19(21,22)23)18(24)25-7-11)10-28(16)17-12-8-27(5-4-20)9-13(12)17/h6-7,10,12-13,17H,2-5,8-9H2,1H3,(H2,24,25)/t12-,13+,17+. The van der Waals surface area contributed by atoms with Crippen LogP contribution in [0, 0.1) is 11.8 Å². The molecule has 0 spiro atoms. The number of imidazole rings is 1. The van der Waals surface area contributed by atoms with Crippen molar-refractivity contribution in [3.63, 3.8) is 0 Å². The first-order chi connectivity index (χ1) is 13.3. The van der Waals surface area contributed by atoms with E-state index in [2.05, 4.69) is 19.4 Å². The number of anilines is 1. The van der Waals surface area contributed by atoms with Gasteiger partial charge in [0.1, 0.15) is 18.3 Å². The predicted octanol–water partition coefficient (Wildman–Crippen LogP) is 3.57. The van der Waals surface area contributed by atoms with Crippen molar-refractivity contribution in [3.8, 4) is 11.3 Å². The first-order valence-corrected chi connectivity index (χ1v) is 9.52. The lowest BCUT2D eigenvalue weighted by atomic mass is 10.1. The monoisotopic (exact) mass is 397 g/mol. The van der Waals surface area contributed by atoms with Crippen LogP contribution in [0.4, 0.5) is 23.4 Å². The minimum Gasteiger partial charge on any atom is -0.383 e. The largest absolute Gasteiger partial charge is 0.419 e. The van der Waals surface area contributed by atoms with Crippen molar-refractivity contribution < 1.29 is 17.6 Å². The van der Waals surface area contributed by atoms with Crippen LogP contribution in [-0.2, 0) is 12.6 Å². The summed E-state index contributed by atoms with van der Waals surface area (Å²) in [6.45, 7) is 3.89. The number of hydrogen-bond donors (Lipinski definition) is 1. The number of pyridine rings is 1. The van der Waals surface area contributed by atoms with E-state index in [0.717, 1.165) is 37.8 Å². The minimum absolute atomic E-state index is 0.294. The van der Waals surface area contributed by atoms with E-state index in [4.69, 9.17) is 5.73 Å². The first-order valence-electron chi connectivity index (χ1n) is 9.52. The number of hydrogen-bond acceptors (Lipinski definition) is 4. The normalized spacial score (nSPS) is 24.5. The summed E-state index contributed by atoms with van der Waals surface area (Å²) >= 11 is 0. The Labute approximate surface area is 160 Å². The van der Waals surface area contributed by atoms with Gasteiger partial charge in [0.05, 0.1) is 11.3 Å². The van der Waals surface area contributed by atoms with E-state index in [9.17, 15) is 17.6 Å². The second-order valence-electron chi connectivity index (χ2n) is 7.62. The van der Waals surface area contributed by atoms with Gasteiger partial charge < -0.3 is 15.2 Å². The molecule has 28 heavy (non-hydrogen) atoms. The zero-order chi connectivity index (χ0) is 20.1. The maximum atomic E-state index is 13.2. The molecule has 2 aromatic heterocycles. The molecular formula is C19H23F4N5. The molecule has 0 amide bonds. The number of likely N-dealkylation sites (tertiary alicyclic amines) is 1.